The van der Waals surface area contributed by atoms with Crippen LogP contribution in [-0.2, 0) is 10.0 Å². The molecule has 0 heterocycles. The SMILES string of the molecule is O=[N+]([O-])c1ccc(S(=O)(=O)NCC2CC(O)C2)c(Cl)c1. The molecule has 0 unspecified atom stereocenters. The number of rotatable bonds is 5. The third kappa shape index (κ3) is 3.26. The maximum Gasteiger partial charge on any atom is 0.271 e. The quantitative estimate of drug-likeness (QED) is 0.627. The Morgan fingerprint density at radius 2 is 2.10 bits per heavy atom. The van der Waals surface area contributed by atoms with Gasteiger partial charge < -0.3 is 5.11 Å². The summed E-state index contributed by atoms with van der Waals surface area (Å²) in [7, 11) is -3.81. The van der Waals surface area contributed by atoms with Crippen LogP contribution < -0.4 is 4.72 Å². The highest BCUT2D eigenvalue weighted by molar-refractivity contribution is 7.89. The molecule has 20 heavy (non-hydrogen) atoms. The number of nitro groups is 1. The van der Waals surface area contributed by atoms with Crippen molar-refractivity contribution in [2.45, 2.75) is 23.8 Å². The number of hydrogen-bond acceptors (Lipinski definition) is 5. The van der Waals surface area contributed by atoms with E-state index in [2.05, 4.69) is 4.72 Å². The molecule has 7 nitrogen and oxygen atoms in total. The summed E-state index contributed by atoms with van der Waals surface area (Å²) in [5.41, 5.74) is -0.268. The summed E-state index contributed by atoms with van der Waals surface area (Å²) in [4.78, 5) is 9.73. The van der Waals surface area contributed by atoms with Gasteiger partial charge in [-0.05, 0) is 24.8 Å². The second-order valence-electron chi connectivity index (χ2n) is 4.71. The maximum atomic E-state index is 12.0. The Morgan fingerprint density at radius 1 is 1.45 bits per heavy atom. The molecule has 0 amide bonds. The van der Waals surface area contributed by atoms with Crippen molar-refractivity contribution in [2.24, 2.45) is 5.92 Å². The number of benzene rings is 1. The predicted molar refractivity (Wildman–Crippen MR) is 72.0 cm³/mol. The minimum Gasteiger partial charge on any atom is -0.393 e. The first-order valence-corrected chi connectivity index (χ1v) is 7.77. The van der Waals surface area contributed by atoms with Gasteiger partial charge in [-0.15, -0.1) is 0 Å². The van der Waals surface area contributed by atoms with Crippen molar-refractivity contribution in [3.63, 3.8) is 0 Å². The van der Waals surface area contributed by atoms with E-state index >= 15 is 0 Å². The third-order valence-corrected chi connectivity index (χ3v) is 5.10. The molecule has 1 aromatic rings. The molecule has 0 aliphatic heterocycles. The number of aliphatic hydroxyl groups excluding tert-OH is 1. The largest absolute Gasteiger partial charge is 0.393 e. The minimum absolute atomic E-state index is 0.108. The summed E-state index contributed by atoms with van der Waals surface area (Å²) in [6.07, 6.45) is 0.778. The number of non-ortho nitro benzene ring substituents is 1. The third-order valence-electron chi connectivity index (χ3n) is 3.19. The molecule has 0 bridgehead atoms. The summed E-state index contributed by atoms with van der Waals surface area (Å²) < 4.78 is 26.5. The Bertz CT molecular complexity index is 628. The van der Waals surface area contributed by atoms with Crippen LogP contribution in [-0.4, -0.2) is 31.1 Å². The Labute approximate surface area is 120 Å². The first kappa shape index (κ1) is 15.2. The van der Waals surface area contributed by atoms with Crippen LogP contribution in [0.15, 0.2) is 23.1 Å². The fourth-order valence-corrected chi connectivity index (χ4v) is 3.65. The van der Waals surface area contributed by atoms with E-state index in [0.29, 0.717) is 12.8 Å². The lowest BCUT2D eigenvalue weighted by Gasteiger charge is -2.31. The number of nitrogens with zero attached hydrogens (tertiary/aromatic N) is 1. The van der Waals surface area contributed by atoms with Crippen LogP contribution in [0, 0.1) is 16.0 Å². The van der Waals surface area contributed by atoms with Gasteiger partial charge in [0.1, 0.15) is 4.90 Å². The zero-order valence-electron chi connectivity index (χ0n) is 10.3. The van der Waals surface area contributed by atoms with Gasteiger partial charge in [0.25, 0.3) is 5.69 Å². The van der Waals surface area contributed by atoms with Crippen molar-refractivity contribution in [3.05, 3.63) is 33.3 Å². The normalized spacial score (nSPS) is 22.3. The van der Waals surface area contributed by atoms with E-state index in [-0.39, 0.29) is 34.2 Å². The second-order valence-corrected chi connectivity index (χ2v) is 6.86. The van der Waals surface area contributed by atoms with Gasteiger partial charge in [-0.2, -0.15) is 0 Å². The monoisotopic (exact) mass is 320 g/mol. The van der Waals surface area contributed by atoms with Gasteiger partial charge in [0, 0.05) is 18.7 Å². The zero-order chi connectivity index (χ0) is 14.9. The lowest BCUT2D eigenvalue weighted by atomic mass is 9.83. The van der Waals surface area contributed by atoms with Gasteiger partial charge >= 0.3 is 0 Å². The molecule has 0 spiro atoms. The molecule has 1 aromatic carbocycles. The minimum atomic E-state index is -3.81. The van der Waals surface area contributed by atoms with Gasteiger partial charge in [-0.25, -0.2) is 13.1 Å². The molecular formula is C11H13ClN2O5S. The Balaban J connectivity index is 2.11. The Morgan fingerprint density at radius 3 is 2.60 bits per heavy atom. The molecule has 1 fully saturated rings. The van der Waals surface area contributed by atoms with Gasteiger partial charge in [0.2, 0.25) is 10.0 Å². The van der Waals surface area contributed by atoms with Gasteiger partial charge in [-0.3, -0.25) is 10.1 Å². The molecule has 0 aromatic heterocycles. The average molecular weight is 321 g/mol. The van der Waals surface area contributed by atoms with Crippen molar-refractivity contribution in [2.75, 3.05) is 6.54 Å². The molecule has 9 heteroatoms. The number of nitrogens with one attached hydrogen (secondary N) is 1. The summed E-state index contributed by atoms with van der Waals surface area (Å²) in [6.45, 7) is 0.215. The van der Waals surface area contributed by atoms with E-state index in [1.807, 2.05) is 0 Å². The van der Waals surface area contributed by atoms with Crippen molar-refractivity contribution >= 4 is 27.3 Å². The highest BCUT2D eigenvalue weighted by atomic mass is 35.5. The van der Waals surface area contributed by atoms with E-state index in [1.54, 1.807) is 0 Å². The van der Waals surface area contributed by atoms with Crippen molar-refractivity contribution in [1.82, 2.24) is 4.72 Å². The molecule has 2 rings (SSSR count). The number of halogens is 1. The summed E-state index contributed by atoms with van der Waals surface area (Å²) in [5, 5.41) is 19.5. The predicted octanol–water partition coefficient (Wildman–Crippen LogP) is 1.30. The molecular weight excluding hydrogens is 308 g/mol. The Hall–Kier alpha value is -1.22. The number of hydrogen-bond donors (Lipinski definition) is 2. The van der Waals surface area contributed by atoms with E-state index in [9.17, 15) is 18.5 Å². The molecule has 1 saturated carbocycles. The average Bonchev–Trinajstić information content (AvgIpc) is 2.32. The van der Waals surface area contributed by atoms with E-state index in [0.717, 1.165) is 18.2 Å². The molecule has 0 atom stereocenters. The fraction of sp³-hybridized carbons (Fsp3) is 0.455. The first-order chi connectivity index (χ1) is 9.29. The van der Waals surface area contributed by atoms with Crippen molar-refractivity contribution < 1.29 is 18.4 Å². The van der Waals surface area contributed by atoms with Crippen LogP contribution in [0.4, 0.5) is 5.69 Å². The van der Waals surface area contributed by atoms with Crippen LogP contribution in [0.5, 0.6) is 0 Å². The van der Waals surface area contributed by atoms with Gasteiger partial charge in [0.15, 0.2) is 0 Å². The van der Waals surface area contributed by atoms with Gasteiger partial charge in [-0.1, -0.05) is 11.6 Å². The molecule has 1 aliphatic carbocycles. The number of nitro benzene ring substituents is 1. The lowest BCUT2D eigenvalue weighted by molar-refractivity contribution is -0.384. The molecule has 1 aliphatic rings. The smallest absolute Gasteiger partial charge is 0.271 e. The van der Waals surface area contributed by atoms with E-state index in [1.165, 1.54) is 0 Å². The van der Waals surface area contributed by atoms with E-state index in [4.69, 9.17) is 16.7 Å². The van der Waals surface area contributed by atoms with Crippen LogP contribution in [0.3, 0.4) is 0 Å². The first-order valence-electron chi connectivity index (χ1n) is 5.91. The highest BCUT2D eigenvalue weighted by Gasteiger charge is 2.29. The van der Waals surface area contributed by atoms with E-state index < -0.39 is 14.9 Å². The fourth-order valence-electron chi connectivity index (χ4n) is 1.99. The summed E-state index contributed by atoms with van der Waals surface area (Å²) >= 11 is 5.78. The summed E-state index contributed by atoms with van der Waals surface area (Å²) in [5.74, 6) is 0.108. The molecule has 0 radical (unpaired) electrons. The van der Waals surface area contributed by atoms with Crippen LogP contribution in [0.1, 0.15) is 12.8 Å². The standard InChI is InChI=1S/C11H13ClN2O5S/c12-10-5-8(14(16)17)1-2-11(10)20(18,19)13-6-7-3-9(15)4-7/h1-2,5,7,9,13,15H,3-4,6H2. The molecule has 2 N–H and O–H groups in total. The number of aliphatic hydroxyl groups is 1. The Kier molecular flexibility index (Phi) is 4.28. The van der Waals surface area contributed by atoms with Crippen LogP contribution >= 0.6 is 11.6 Å². The topological polar surface area (TPSA) is 110 Å². The lowest BCUT2D eigenvalue weighted by Crippen LogP contribution is -2.38. The van der Waals surface area contributed by atoms with Crippen molar-refractivity contribution in [1.29, 1.82) is 0 Å². The maximum absolute atomic E-state index is 12.0. The second kappa shape index (κ2) is 5.65. The molecule has 110 valence electrons. The van der Waals surface area contributed by atoms with Crippen LogP contribution in [0.2, 0.25) is 5.02 Å². The highest BCUT2D eigenvalue weighted by Crippen LogP contribution is 2.28. The molecule has 0 saturated heterocycles. The number of sulfonamides is 1. The summed E-state index contributed by atoms with van der Waals surface area (Å²) in [6, 6.07) is 3.20. The zero-order valence-corrected chi connectivity index (χ0v) is 11.9. The van der Waals surface area contributed by atoms with Crippen LogP contribution in [0.25, 0.3) is 0 Å². The van der Waals surface area contributed by atoms with Crippen molar-refractivity contribution in [3.8, 4) is 0 Å². The van der Waals surface area contributed by atoms with Gasteiger partial charge in [0.05, 0.1) is 16.0 Å².